The molecule has 1 saturated heterocycles. The molecule has 2 atom stereocenters. The largest absolute Gasteiger partial charge is 0.391 e. The smallest absolute Gasteiger partial charge is 0.0761 e. The third kappa shape index (κ3) is 3.74. The molecule has 0 spiro atoms. The number of halogens is 1. The van der Waals surface area contributed by atoms with Gasteiger partial charge in [0.2, 0.25) is 0 Å². The summed E-state index contributed by atoms with van der Waals surface area (Å²) in [5.41, 5.74) is 1.14. The van der Waals surface area contributed by atoms with Crippen LogP contribution >= 0.6 is 22.6 Å². The van der Waals surface area contributed by atoms with Gasteiger partial charge in [0.25, 0.3) is 0 Å². The van der Waals surface area contributed by atoms with Gasteiger partial charge in [-0.2, -0.15) is 0 Å². The molecule has 1 aliphatic rings. The molecule has 2 unspecified atom stereocenters. The van der Waals surface area contributed by atoms with E-state index in [1.807, 2.05) is 0 Å². The Bertz CT molecular complexity index is 414. The van der Waals surface area contributed by atoms with Gasteiger partial charge in [-0.15, -0.1) is 0 Å². The van der Waals surface area contributed by atoms with E-state index in [-0.39, 0.29) is 11.6 Å². The summed E-state index contributed by atoms with van der Waals surface area (Å²) < 4.78 is 1.25. The molecule has 1 aromatic rings. The molecule has 1 aromatic carbocycles. The van der Waals surface area contributed by atoms with Crippen molar-refractivity contribution < 1.29 is 5.11 Å². The molecule has 0 saturated carbocycles. The fourth-order valence-electron chi connectivity index (χ4n) is 3.14. The van der Waals surface area contributed by atoms with E-state index in [0.717, 1.165) is 25.9 Å². The second-order valence-corrected chi connectivity index (χ2v) is 7.35. The number of likely N-dealkylation sites (tertiary alicyclic amines) is 1. The maximum Gasteiger partial charge on any atom is 0.0761 e. The first-order valence-corrected chi connectivity index (χ1v) is 8.81. The third-order valence-electron chi connectivity index (χ3n) is 4.85. The molecule has 112 valence electrons. The van der Waals surface area contributed by atoms with Crippen molar-refractivity contribution in [2.75, 3.05) is 13.1 Å². The van der Waals surface area contributed by atoms with E-state index in [9.17, 15) is 5.11 Å². The fourth-order valence-corrected chi connectivity index (χ4v) is 3.50. The number of aliphatic hydroxyl groups is 1. The van der Waals surface area contributed by atoms with Crippen molar-refractivity contribution >= 4 is 22.6 Å². The predicted molar refractivity (Wildman–Crippen MR) is 93.0 cm³/mol. The van der Waals surface area contributed by atoms with Crippen LogP contribution in [0, 0.1) is 3.57 Å². The number of hydrogen-bond acceptors (Lipinski definition) is 2. The molecular formula is C17H26INO. The van der Waals surface area contributed by atoms with Crippen LogP contribution in [0.1, 0.15) is 45.1 Å². The van der Waals surface area contributed by atoms with Gasteiger partial charge < -0.3 is 5.11 Å². The lowest BCUT2D eigenvalue weighted by Gasteiger charge is -2.46. The lowest BCUT2D eigenvalue weighted by Crippen LogP contribution is -2.56. The van der Waals surface area contributed by atoms with Crippen LogP contribution < -0.4 is 0 Å². The molecule has 0 aliphatic carbocycles. The van der Waals surface area contributed by atoms with Crippen LogP contribution in [0.2, 0.25) is 0 Å². The van der Waals surface area contributed by atoms with Gasteiger partial charge in [-0.1, -0.05) is 25.5 Å². The topological polar surface area (TPSA) is 23.5 Å². The Kier molecular flexibility index (Phi) is 5.87. The van der Waals surface area contributed by atoms with E-state index in [1.165, 1.54) is 28.4 Å². The van der Waals surface area contributed by atoms with E-state index < -0.39 is 0 Å². The normalized spacial score (nSPS) is 21.4. The Morgan fingerprint density at radius 1 is 1.20 bits per heavy atom. The Labute approximate surface area is 136 Å². The first kappa shape index (κ1) is 16.2. The quantitative estimate of drug-likeness (QED) is 0.776. The minimum absolute atomic E-state index is 0.0938. The number of hydrogen-bond donors (Lipinski definition) is 1. The second kappa shape index (κ2) is 7.23. The van der Waals surface area contributed by atoms with E-state index in [4.69, 9.17) is 0 Å². The number of rotatable bonds is 5. The fraction of sp³-hybridized carbons (Fsp3) is 0.647. The van der Waals surface area contributed by atoms with Crippen molar-refractivity contribution in [1.82, 2.24) is 4.90 Å². The van der Waals surface area contributed by atoms with Crippen LogP contribution in [-0.2, 0) is 6.42 Å². The van der Waals surface area contributed by atoms with Crippen molar-refractivity contribution in [3.05, 3.63) is 33.4 Å². The average molecular weight is 387 g/mol. The standard InChI is InChI=1S/C17H26INO/c1-3-17(2,19-11-5-4-6-12-19)16(20)13-14-7-9-15(18)10-8-14/h7-10,16,20H,3-6,11-13H2,1-2H3. The Balaban J connectivity index is 2.07. The minimum Gasteiger partial charge on any atom is -0.391 e. The van der Waals surface area contributed by atoms with Crippen molar-refractivity contribution in [2.45, 2.75) is 57.6 Å². The molecule has 0 radical (unpaired) electrons. The van der Waals surface area contributed by atoms with E-state index in [1.54, 1.807) is 0 Å². The molecule has 20 heavy (non-hydrogen) atoms. The molecule has 1 fully saturated rings. The average Bonchev–Trinajstić information content (AvgIpc) is 2.49. The van der Waals surface area contributed by atoms with Gasteiger partial charge in [0.15, 0.2) is 0 Å². The maximum atomic E-state index is 10.8. The van der Waals surface area contributed by atoms with Crippen LogP contribution in [0.3, 0.4) is 0 Å². The van der Waals surface area contributed by atoms with E-state index >= 15 is 0 Å². The highest BCUT2D eigenvalue weighted by Gasteiger charge is 2.37. The van der Waals surface area contributed by atoms with Gasteiger partial charge >= 0.3 is 0 Å². The number of piperidine rings is 1. The zero-order valence-electron chi connectivity index (χ0n) is 12.6. The molecular weight excluding hydrogens is 361 g/mol. The van der Waals surface area contributed by atoms with Crippen LogP contribution in [0.5, 0.6) is 0 Å². The molecule has 0 bridgehead atoms. The summed E-state index contributed by atoms with van der Waals surface area (Å²) in [6.45, 7) is 6.70. The van der Waals surface area contributed by atoms with Gasteiger partial charge in [-0.3, -0.25) is 4.90 Å². The SMILES string of the molecule is CCC(C)(C(O)Cc1ccc(I)cc1)N1CCCCC1. The van der Waals surface area contributed by atoms with Gasteiger partial charge in [-0.05, 0) is 79.6 Å². The first-order valence-electron chi connectivity index (χ1n) is 7.74. The molecule has 3 heteroatoms. The van der Waals surface area contributed by atoms with Gasteiger partial charge in [0.1, 0.15) is 0 Å². The molecule has 1 heterocycles. The van der Waals surface area contributed by atoms with Gasteiger partial charge in [0.05, 0.1) is 6.10 Å². The van der Waals surface area contributed by atoms with Crippen LogP contribution in [0.4, 0.5) is 0 Å². The minimum atomic E-state index is -0.300. The summed E-state index contributed by atoms with van der Waals surface area (Å²) in [6, 6.07) is 8.51. The van der Waals surface area contributed by atoms with Crippen LogP contribution in [-0.4, -0.2) is 34.7 Å². The zero-order valence-corrected chi connectivity index (χ0v) is 14.8. The summed E-state index contributed by atoms with van der Waals surface area (Å²) in [5, 5.41) is 10.8. The van der Waals surface area contributed by atoms with Gasteiger partial charge in [-0.25, -0.2) is 0 Å². The molecule has 2 rings (SSSR count). The van der Waals surface area contributed by atoms with E-state index in [0.29, 0.717) is 0 Å². The summed E-state index contributed by atoms with van der Waals surface area (Å²) in [5.74, 6) is 0. The molecule has 1 N–H and O–H groups in total. The lowest BCUT2D eigenvalue weighted by atomic mass is 9.84. The predicted octanol–water partition coefficient (Wildman–Crippen LogP) is 3.85. The van der Waals surface area contributed by atoms with Crippen molar-refractivity contribution in [3.63, 3.8) is 0 Å². The first-order chi connectivity index (χ1) is 9.56. The van der Waals surface area contributed by atoms with E-state index in [2.05, 4.69) is 65.6 Å². The Morgan fingerprint density at radius 2 is 1.80 bits per heavy atom. The number of nitrogens with zero attached hydrogens (tertiary/aromatic N) is 1. The summed E-state index contributed by atoms with van der Waals surface area (Å²) in [7, 11) is 0. The van der Waals surface area contributed by atoms with Crippen molar-refractivity contribution in [2.24, 2.45) is 0 Å². The third-order valence-corrected chi connectivity index (χ3v) is 5.57. The highest BCUT2D eigenvalue weighted by atomic mass is 127. The molecule has 0 aromatic heterocycles. The summed E-state index contributed by atoms with van der Waals surface area (Å²) in [4.78, 5) is 2.51. The van der Waals surface area contributed by atoms with Crippen molar-refractivity contribution in [3.8, 4) is 0 Å². The molecule has 2 nitrogen and oxygen atoms in total. The second-order valence-electron chi connectivity index (χ2n) is 6.10. The Morgan fingerprint density at radius 3 is 2.35 bits per heavy atom. The van der Waals surface area contributed by atoms with Crippen LogP contribution in [0.25, 0.3) is 0 Å². The van der Waals surface area contributed by atoms with Gasteiger partial charge in [0, 0.05) is 15.5 Å². The highest BCUT2D eigenvalue weighted by Crippen LogP contribution is 2.29. The maximum absolute atomic E-state index is 10.8. The number of aliphatic hydroxyl groups excluding tert-OH is 1. The zero-order chi connectivity index (χ0) is 14.6. The van der Waals surface area contributed by atoms with Crippen LogP contribution in [0.15, 0.2) is 24.3 Å². The molecule has 1 aliphatic heterocycles. The summed E-state index contributed by atoms with van der Waals surface area (Å²) in [6.07, 6.45) is 5.32. The number of benzene rings is 1. The Hall–Kier alpha value is -0.130. The monoisotopic (exact) mass is 387 g/mol. The lowest BCUT2D eigenvalue weighted by molar-refractivity contribution is -0.0328. The highest BCUT2D eigenvalue weighted by molar-refractivity contribution is 14.1. The van der Waals surface area contributed by atoms with Crippen molar-refractivity contribution in [1.29, 1.82) is 0 Å². The molecule has 0 amide bonds. The summed E-state index contributed by atoms with van der Waals surface area (Å²) >= 11 is 2.32.